The summed E-state index contributed by atoms with van der Waals surface area (Å²) < 4.78 is 26.2. The molecule has 0 unspecified atom stereocenters. The Hall–Kier alpha value is -3.61. The minimum absolute atomic E-state index is 0.0554. The van der Waals surface area contributed by atoms with Crippen LogP contribution in [0.3, 0.4) is 0 Å². The molecule has 164 valence electrons. The van der Waals surface area contributed by atoms with Gasteiger partial charge < -0.3 is 9.80 Å². The average molecular weight is 435 g/mol. The molecule has 4 rings (SSSR count). The summed E-state index contributed by atoms with van der Waals surface area (Å²) in [6, 6.07) is 14.0. The standard InChI is InChI=1S/C25H23F2N3O2/c26-20-7-1-18(2-8-20)5-11-24(31)29-15-16-30(23-17-28-14-13-22(23)29)25(32)12-6-19-3-9-21(27)10-4-19/h1-4,7-10,13-14,17H,5-6,11-12,15-16H2. The largest absolute Gasteiger partial charge is 0.308 e. The molecule has 1 aliphatic rings. The first-order valence-electron chi connectivity index (χ1n) is 10.5. The average Bonchev–Trinajstić information content (AvgIpc) is 2.82. The number of aryl methyl sites for hydroxylation is 2. The second-order valence-electron chi connectivity index (χ2n) is 7.71. The number of carbonyl (C=O) groups is 2. The zero-order valence-corrected chi connectivity index (χ0v) is 17.5. The molecule has 7 heteroatoms. The Balaban J connectivity index is 1.42. The molecule has 2 aromatic carbocycles. The zero-order valence-electron chi connectivity index (χ0n) is 17.5. The van der Waals surface area contributed by atoms with Crippen molar-refractivity contribution in [3.05, 3.63) is 89.8 Å². The highest BCUT2D eigenvalue weighted by atomic mass is 19.1. The van der Waals surface area contributed by atoms with Crippen LogP contribution in [0.4, 0.5) is 20.2 Å². The first kappa shape index (κ1) is 21.6. The number of hydrogen-bond donors (Lipinski definition) is 0. The molecule has 2 amide bonds. The Bertz CT molecular complexity index is 1010. The molecule has 0 aliphatic carbocycles. The van der Waals surface area contributed by atoms with E-state index in [0.29, 0.717) is 37.3 Å². The maximum Gasteiger partial charge on any atom is 0.227 e. The van der Waals surface area contributed by atoms with Crippen LogP contribution in [0, 0.1) is 11.6 Å². The monoisotopic (exact) mass is 435 g/mol. The van der Waals surface area contributed by atoms with Gasteiger partial charge in [0.2, 0.25) is 11.8 Å². The first-order valence-corrected chi connectivity index (χ1v) is 10.5. The van der Waals surface area contributed by atoms with Gasteiger partial charge >= 0.3 is 0 Å². The summed E-state index contributed by atoms with van der Waals surface area (Å²) >= 11 is 0. The van der Waals surface area contributed by atoms with E-state index in [1.807, 2.05) is 0 Å². The van der Waals surface area contributed by atoms with Crippen LogP contribution < -0.4 is 9.80 Å². The van der Waals surface area contributed by atoms with Crippen LogP contribution in [0.25, 0.3) is 0 Å². The fraction of sp³-hybridized carbons (Fsp3) is 0.240. The van der Waals surface area contributed by atoms with Crippen LogP contribution in [0.15, 0.2) is 67.0 Å². The maximum atomic E-state index is 13.1. The fourth-order valence-electron chi connectivity index (χ4n) is 3.85. The number of aromatic nitrogens is 1. The Morgan fingerprint density at radius 2 is 1.19 bits per heavy atom. The molecule has 0 bridgehead atoms. The number of benzene rings is 2. The van der Waals surface area contributed by atoms with Gasteiger partial charge in [-0.25, -0.2) is 8.78 Å². The third-order valence-corrected chi connectivity index (χ3v) is 5.59. The Labute approximate surface area is 185 Å². The Morgan fingerprint density at radius 3 is 1.69 bits per heavy atom. The zero-order chi connectivity index (χ0) is 22.5. The lowest BCUT2D eigenvalue weighted by molar-refractivity contribution is -0.120. The number of hydrogen-bond acceptors (Lipinski definition) is 3. The molecular formula is C25H23F2N3O2. The van der Waals surface area contributed by atoms with Crippen molar-refractivity contribution >= 4 is 23.2 Å². The van der Waals surface area contributed by atoms with E-state index >= 15 is 0 Å². The smallest absolute Gasteiger partial charge is 0.227 e. The summed E-state index contributed by atoms with van der Waals surface area (Å²) in [7, 11) is 0. The van der Waals surface area contributed by atoms with E-state index in [0.717, 1.165) is 11.1 Å². The van der Waals surface area contributed by atoms with Crippen molar-refractivity contribution in [3.63, 3.8) is 0 Å². The Kier molecular flexibility index (Phi) is 6.54. The van der Waals surface area contributed by atoms with E-state index in [1.165, 1.54) is 24.3 Å². The van der Waals surface area contributed by atoms with Crippen molar-refractivity contribution < 1.29 is 18.4 Å². The van der Waals surface area contributed by atoms with Crippen molar-refractivity contribution in [2.45, 2.75) is 25.7 Å². The first-order chi connectivity index (χ1) is 15.5. The molecule has 32 heavy (non-hydrogen) atoms. The number of pyridine rings is 1. The number of fused-ring (bicyclic) bond motifs is 1. The van der Waals surface area contributed by atoms with Crippen molar-refractivity contribution in [2.24, 2.45) is 0 Å². The van der Waals surface area contributed by atoms with E-state index in [2.05, 4.69) is 4.98 Å². The highest BCUT2D eigenvalue weighted by Crippen LogP contribution is 2.33. The lowest BCUT2D eigenvalue weighted by atomic mass is 10.1. The van der Waals surface area contributed by atoms with E-state index < -0.39 is 0 Å². The summed E-state index contributed by atoms with van der Waals surface area (Å²) in [6.45, 7) is 0.769. The number of halogens is 2. The minimum atomic E-state index is -0.305. The van der Waals surface area contributed by atoms with Crippen molar-refractivity contribution in [1.29, 1.82) is 0 Å². The van der Waals surface area contributed by atoms with Gasteiger partial charge in [-0.05, 0) is 54.3 Å². The van der Waals surface area contributed by atoms with Gasteiger partial charge in [-0.3, -0.25) is 14.6 Å². The molecule has 5 nitrogen and oxygen atoms in total. The highest BCUT2D eigenvalue weighted by Gasteiger charge is 2.29. The number of rotatable bonds is 6. The second-order valence-corrected chi connectivity index (χ2v) is 7.71. The lowest BCUT2D eigenvalue weighted by Gasteiger charge is -2.36. The van der Waals surface area contributed by atoms with Gasteiger partial charge in [0.05, 0.1) is 17.6 Å². The molecule has 1 aromatic heterocycles. The molecule has 1 aliphatic heterocycles. The van der Waals surface area contributed by atoms with Crippen LogP contribution in [0.2, 0.25) is 0 Å². The lowest BCUT2D eigenvalue weighted by Crippen LogP contribution is -2.46. The Morgan fingerprint density at radius 1 is 0.719 bits per heavy atom. The normalized spacial score (nSPS) is 13.1. The minimum Gasteiger partial charge on any atom is -0.308 e. The van der Waals surface area contributed by atoms with Crippen molar-refractivity contribution in [1.82, 2.24) is 4.98 Å². The summed E-state index contributed by atoms with van der Waals surface area (Å²) in [6.07, 6.45) is 4.78. The number of carbonyl (C=O) groups excluding carboxylic acids is 2. The van der Waals surface area contributed by atoms with Gasteiger partial charge in [0.1, 0.15) is 11.6 Å². The van der Waals surface area contributed by atoms with Crippen molar-refractivity contribution in [3.8, 4) is 0 Å². The topological polar surface area (TPSA) is 53.5 Å². The van der Waals surface area contributed by atoms with Crippen LogP contribution in [-0.2, 0) is 22.4 Å². The van der Waals surface area contributed by atoms with Crippen LogP contribution in [0.5, 0.6) is 0 Å². The van der Waals surface area contributed by atoms with Gasteiger partial charge in [-0.15, -0.1) is 0 Å². The fourth-order valence-corrected chi connectivity index (χ4v) is 3.85. The SMILES string of the molecule is O=C(CCc1ccc(F)cc1)N1CCN(C(=O)CCc2ccc(F)cc2)c2cnccc21. The molecule has 0 saturated carbocycles. The van der Waals surface area contributed by atoms with Gasteiger partial charge in [0.25, 0.3) is 0 Å². The summed E-state index contributed by atoms with van der Waals surface area (Å²) in [5.41, 5.74) is 3.05. The summed E-state index contributed by atoms with van der Waals surface area (Å²) in [5.74, 6) is -0.732. The predicted octanol–water partition coefficient (Wildman–Crippen LogP) is 4.31. The van der Waals surface area contributed by atoms with Gasteiger partial charge in [-0.2, -0.15) is 0 Å². The third kappa shape index (κ3) is 4.99. The molecule has 3 aromatic rings. The molecule has 0 N–H and O–H groups in total. The molecule has 0 radical (unpaired) electrons. The predicted molar refractivity (Wildman–Crippen MR) is 118 cm³/mol. The van der Waals surface area contributed by atoms with Gasteiger partial charge in [-0.1, -0.05) is 24.3 Å². The van der Waals surface area contributed by atoms with E-state index in [-0.39, 0.29) is 36.3 Å². The molecular weight excluding hydrogens is 412 g/mol. The van der Waals surface area contributed by atoms with Crippen LogP contribution in [-0.4, -0.2) is 29.9 Å². The molecule has 0 saturated heterocycles. The molecule has 2 heterocycles. The van der Waals surface area contributed by atoms with Crippen LogP contribution in [0.1, 0.15) is 24.0 Å². The highest BCUT2D eigenvalue weighted by molar-refractivity contribution is 6.03. The van der Waals surface area contributed by atoms with E-state index in [9.17, 15) is 18.4 Å². The molecule has 0 fully saturated rings. The third-order valence-electron chi connectivity index (χ3n) is 5.59. The summed E-state index contributed by atoms with van der Waals surface area (Å²) in [5, 5.41) is 0. The summed E-state index contributed by atoms with van der Waals surface area (Å²) in [4.78, 5) is 33.3. The second kappa shape index (κ2) is 9.68. The number of nitrogens with zero attached hydrogens (tertiary/aromatic N) is 3. The number of amides is 2. The molecule has 0 atom stereocenters. The van der Waals surface area contributed by atoms with Crippen molar-refractivity contribution in [2.75, 3.05) is 22.9 Å². The number of anilines is 2. The van der Waals surface area contributed by atoms with E-state index in [4.69, 9.17) is 0 Å². The van der Waals surface area contributed by atoms with Crippen LogP contribution >= 0.6 is 0 Å². The maximum absolute atomic E-state index is 13.1. The van der Waals surface area contributed by atoms with Gasteiger partial charge in [0.15, 0.2) is 0 Å². The van der Waals surface area contributed by atoms with Gasteiger partial charge in [0, 0.05) is 32.1 Å². The van der Waals surface area contributed by atoms with E-state index in [1.54, 1.807) is 52.5 Å². The quantitative estimate of drug-likeness (QED) is 0.580. The molecule has 0 spiro atoms.